The second-order valence-corrected chi connectivity index (χ2v) is 9.24. The van der Waals surface area contributed by atoms with Crippen LogP contribution < -0.4 is 10.5 Å². The molecular formula is C26H31N5O. The monoisotopic (exact) mass is 429 g/mol. The third kappa shape index (κ3) is 4.26. The highest BCUT2D eigenvalue weighted by atomic mass is 16.1. The summed E-state index contributed by atoms with van der Waals surface area (Å²) in [5.74, 6) is 0.974. The van der Waals surface area contributed by atoms with Crippen molar-refractivity contribution >= 4 is 16.7 Å². The fourth-order valence-corrected chi connectivity index (χ4v) is 4.53. The van der Waals surface area contributed by atoms with Crippen LogP contribution in [0.25, 0.3) is 10.9 Å². The van der Waals surface area contributed by atoms with Crippen LogP contribution in [0, 0.1) is 11.3 Å². The number of H-pyrrole nitrogens is 1. The minimum Gasteiger partial charge on any atom is -0.355 e. The van der Waals surface area contributed by atoms with Crippen molar-refractivity contribution < 1.29 is 0 Å². The van der Waals surface area contributed by atoms with Crippen molar-refractivity contribution in [2.75, 3.05) is 32.1 Å². The summed E-state index contributed by atoms with van der Waals surface area (Å²) < 4.78 is 0. The van der Waals surface area contributed by atoms with Gasteiger partial charge in [-0.25, -0.2) is 4.98 Å². The highest BCUT2D eigenvalue weighted by molar-refractivity contribution is 5.80. The smallest absolute Gasteiger partial charge is 0.251 e. The Hall–Kier alpha value is -3.17. The number of hydrogen-bond acceptors (Lipinski definition) is 5. The number of fused-ring (bicyclic) bond motifs is 1. The van der Waals surface area contributed by atoms with Gasteiger partial charge in [0, 0.05) is 42.3 Å². The van der Waals surface area contributed by atoms with Crippen molar-refractivity contribution in [3.05, 3.63) is 69.6 Å². The van der Waals surface area contributed by atoms with Crippen molar-refractivity contribution in [2.45, 2.75) is 44.6 Å². The van der Waals surface area contributed by atoms with Crippen LogP contribution in [-0.2, 0) is 18.3 Å². The molecule has 1 saturated heterocycles. The molecule has 2 atom stereocenters. The predicted molar refractivity (Wildman–Crippen MR) is 129 cm³/mol. The minimum absolute atomic E-state index is 0.0631. The van der Waals surface area contributed by atoms with E-state index in [1.165, 1.54) is 0 Å². The van der Waals surface area contributed by atoms with E-state index in [0.717, 1.165) is 53.1 Å². The molecule has 0 aliphatic carbocycles. The van der Waals surface area contributed by atoms with E-state index < -0.39 is 5.41 Å². The molecule has 1 aliphatic rings. The number of hydrogen-bond donors (Lipinski definition) is 1. The minimum atomic E-state index is -0.753. The van der Waals surface area contributed by atoms with Gasteiger partial charge in [0.15, 0.2) is 0 Å². The zero-order valence-corrected chi connectivity index (χ0v) is 19.4. The molecule has 0 amide bonds. The second-order valence-electron chi connectivity index (χ2n) is 9.24. The van der Waals surface area contributed by atoms with Crippen LogP contribution in [0.15, 0.2) is 47.3 Å². The molecule has 2 aromatic heterocycles. The first kappa shape index (κ1) is 22.0. The lowest BCUT2D eigenvalue weighted by atomic mass is 9.79. The highest BCUT2D eigenvalue weighted by Gasteiger charge is 2.29. The molecule has 0 saturated carbocycles. The first-order valence-electron chi connectivity index (χ1n) is 11.3. The van der Waals surface area contributed by atoms with Gasteiger partial charge < -0.3 is 14.8 Å². The third-order valence-corrected chi connectivity index (χ3v) is 6.73. The Labute approximate surface area is 189 Å². The molecule has 32 heavy (non-hydrogen) atoms. The topological polar surface area (TPSA) is 76.0 Å². The maximum absolute atomic E-state index is 12.3. The van der Waals surface area contributed by atoms with Crippen LogP contribution in [0.3, 0.4) is 0 Å². The maximum atomic E-state index is 12.3. The standard InChI is InChI=1S/C26H31N5O/c1-5-18-13-19-9-10-20(14-23(19)29-25(18)32)26(2,17-27)15-21-7-6-8-24(28-21)31-12-11-22(16-31)30(3)4/h6-10,13-14,22H,5,11-12,15-16H2,1-4H3,(H,29,32). The predicted octanol–water partition coefficient (Wildman–Crippen LogP) is 3.65. The number of nitrogens with zero attached hydrogens (tertiary/aromatic N) is 4. The molecule has 6 heteroatoms. The number of anilines is 1. The number of benzene rings is 1. The van der Waals surface area contributed by atoms with E-state index >= 15 is 0 Å². The Morgan fingerprint density at radius 3 is 2.78 bits per heavy atom. The average Bonchev–Trinajstić information content (AvgIpc) is 3.29. The van der Waals surface area contributed by atoms with E-state index in [1.807, 2.05) is 50.2 Å². The summed E-state index contributed by atoms with van der Waals surface area (Å²) in [5, 5.41) is 11.1. The molecule has 1 N–H and O–H groups in total. The van der Waals surface area contributed by atoms with Gasteiger partial charge in [-0.05, 0) is 69.1 Å². The summed E-state index contributed by atoms with van der Waals surface area (Å²) >= 11 is 0. The lowest BCUT2D eigenvalue weighted by molar-refractivity contribution is 0.315. The van der Waals surface area contributed by atoms with Gasteiger partial charge >= 0.3 is 0 Å². The van der Waals surface area contributed by atoms with Gasteiger partial charge in [0.2, 0.25) is 0 Å². The van der Waals surface area contributed by atoms with Crippen LogP contribution in [0.4, 0.5) is 5.82 Å². The zero-order valence-electron chi connectivity index (χ0n) is 19.4. The number of aryl methyl sites for hydroxylation is 1. The molecule has 2 unspecified atom stereocenters. The normalized spacial score (nSPS) is 18.1. The van der Waals surface area contributed by atoms with E-state index in [2.05, 4.69) is 41.0 Å². The van der Waals surface area contributed by atoms with E-state index in [1.54, 1.807) is 0 Å². The third-order valence-electron chi connectivity index (χ3n) is 6.73. The molecule has 166 valence electrons. The number of likely N-dealkylation sites (N-methyl/N-ethyl adjacent to an activating group) is 1. The molecule has 3 aromatic rings. The van der Waals surface area contributed by atoms with Gasteiger partial charge in [0.05, 0.1) is 11.5 Å². The number of pyridine rings is 2. The largest absolute Gasteiger partial charge is 0.355 e. The van der Waals surface area contributed by atoms with Crippen molar-refractivity contribution in [1.82, 2.24) is 14.9 Å². The molecule has 1 aliphatic heterocycles. The average molecular weight is 430 g/mol. The van der Waals surface area contributed by atoms with Crippen LogP contribution >= 0.6 is 0 Å². The molecule has 6 nitrogen and oxygen atoms in total. The Balaban J connectivity index is 1.61. The fraction of sp³-hybridized carbons (Fsp3) is 0.423. The molecule has 0 bridgehead atoms. The number of aromatic amines is 1. The molecular weight excluding hydrogens is 398 g/mol. The van der Waals surface area contributed by atoms with Crippen LogP contribution in [0.1, 0.15) is 37.1 Å². The van der Waals surface area contributed by atoms with Crippen molar-refractivity contribution in [1.29, 1.82) is 5.26 Å². The number of nitrogens with one attached hydrogen (secondary N) is 1. The molecule has 1 aromatic carbocycles. The lowest BCUT2D eigenvalue weighted by Gasteiger charge is -2.24. The van der Waals surface area contributed by atoms with Crippen LogP contribution in [-0.4, -0.2) is 48.1 Å². The van der Waals surface area contributed by atoms with Crippen molar-refractivity contribution in [3.63, 3.8) is 0 Å². The van der Waals surface area contributed by atoms with Gasteiger partial charge in [-0.1, -0.05) is 25.1 Å². The van der Waals surface area contributed by atoms with Gasteiger partial charge in [0.25, 0.3) is 5.56 Å². The molecule has 3 heterocycles. The zero-order chi connectivity index (χ0) is 22.9. The van der Waals surface area contributed by atoms with Gasteiger partial charge in [-0.3, -0.25) is 4.79 Å². The van der Waals surface area contributed by atoms with Gasteiger partial charge in [-0.2, -0.15) is 5.26 Å². The van der Waals surface area contributed by atoms with Crippen LogP contribution in [0.5, 0.6) is 0 Å². The Bertz CT molecular complexity index is 1220. The summed E-state index contributed by atoms with van der Waals surface area (Å²) in [4.78, 5) is 24.7. The molecule has 1 fully saturated rings. The Morgan fingerprint density at radius 2 is 2.09 bits per heavy atom. The lowest BCUT2D eigenvalue weighted by Crippen LogP contribution is -2.31. The summed E-state index contributed by atoms with van der Waals surface area (Å²) in [5.41, 5.74) is 2.50. The SMILES string of the molecule is CCc1cc2ccc(C(C)(C#N)Cc3cccc(N4CCC(N(C)C)C4)n3)cc2[nH]c1=O. The summed E-state index contributed by atoms with van der Waals surface area (Å²) in [7, 11) is 4.24. The van der Waals surface area contributed by atoms with Gasteiger partial charge in [0.1, 0.15) is 5.82 Å². The summed E-state index contributed by atoms with van der Waals surface area (Å²) in [6.45, 7) is 5.88. The quantitative estimate of drug-likeness (QED) is 0.647. The molecule has 0 spiro atoms. The number of rotatable bonds is 6. The summed E-state index contributed by atoms with van der Waals surface area (Å²) in [6, 6.07) is 17.0. The number of nitriles is 1. The number of aromatic nitrogens is 2. The second kappa shape index (κ2) is 8.76. The molecule has 4 rings (SSSR count). The fourth-order valence-electron chi connectivity index (χ4n) is 4.53. The molecule has 0 radical (unpaired) electrons. The Morgan fingerprint density at radius 1 is 1.28 bits per heavy atom. The maximum Gasteiger partial charge on any atom is 0.251 e. The highest BCUT2D eigenvalue weighted by Crippen LogP contribution is 2.30. The van der Waals surface area contributed by atoms with E-state index in [0.29, 0.717) is 18.9 Å². The van der Waals surface area contributed by atoms with Crippen molar-refractivity contribution in [3.8, 4) is 6.07 Å². The van der Waals surface area contributed by atoms with Crippen LogP contribution in [0.2, 0.25) is 0 Å². The summed E-state index contributed by atoms with van der Waals surface area (Å²) in [6.07, 6.45) is 2.33. The van der Waals surface area contributed by atoms with E-state index in [-0.39, 0.29) is 5.56 Å². The Kier molecular flexibility index (Phi) is 6.03. The first-order valence-corrected chi connectivity index (χ1v) is 11.3. The van der Waals surface area contributed by atoms with E-state index in [9.17, 15) is 10.1 Å². The van der Waals surface area contributed by atoms with E-state index in [4.69, 9.17) is 4.98 Å². The van der Waals surface area contributed by atoms with Crippen molar-refractivity contribution in [2.24, 2.45) is 0 Å². The first-order chi connectivity index (χ1) is 15.3. The van der Waals surface area contributed by atoms with Gasteiger partial charge in [-0.15, -0.1) is 0 Å².